The van der Waals surface area contributed by atoms with Crippen LogP contribution < -0.4 is 10.6 Å². The van der Waals surface area contributed by atoms with Gasteiger partial charge in [0, 0.05) is 27.6 Å². The number of hydrogen-bond donors (Lipinski definition) is 2. The van der Waals surface area contributed by atoms with E-state index in [0.717, 1.165) is 16.4 Å². The normalized spacial score (nSPS) is 15.8. The molecule has 0 spiro atoms. The summed E-state index contributed by atoms with van der Waals surface area (Å²) in [5.41, 5.74) is 1.69. The third kappa shape index (κ3) is 3.69. The Morgan fingerprint density at radius 2 is 2.00 bits per heavy atom. The topological polar surface area (TPSA) is 84.0 Å². The molecule has 1 atom stereocenters. The van der Waals surface area contributed by atoms with E-state index < -0.39 is 0 Å². The molecule has 0 saturated carbocycles. The summed E-state index contributed by atoms with van der Waals surface area (Å²) in [7, 11) is 0. The molecule has 9 heteroatoms. The largest absolute Gasteiger partial charge is 0.324 e. The maximum atomic E-state index is 13.0. The third-order valence-corrected chi connectivity index (χ3v) is 5.73. The van der Waals surface area contributed by atoms with Crippen LogP contribution in [-0.2, 0) is 4.79 Å². The van der Waals surface area contributed by atoms with Gasteiger partial charge in [0.05, 0.1) is 10.9 Å². The molecular formula is C18H13FN4O2S2. The number of carbonyl (C=O) groups is 2. The second-order valence-electron chi connectivity index (χ2n) is 5.84. The van der Waals surface area contributed by atoms with E-state index in [0.29, 0.717) is 27.8 Å². The van der Waals surface area contributed by atoms with Crippen molar-refractivity contribution in [3.8, 4) is 11.4 Å². The monoisotopic (exact) mass is 400 g/mol. The molecule has 2 aromatic carbocycles. The van der Waals surface area contributed by atoms with Crippen LogP contribution in [0.25, 0.3) is 11.4 Å². The van der Waals surface area contributed by atoms with Gasteiger partial charge in [0.15, 0.2) is 5.82 Å². The first-order chi connectivity index (χ1) is 13.0. The van der Waals surface area contributed by atoms with Crippen LogP contribution in [0.5, 0.6) is 0 Å². The smallest absolute Gasteiger partial charge is 0.257 e. The molecule has 0 fully saturated rings. The van der Waals surface area contributed by atoms with Gasteiger partial charge in [-0.2, -0.15) is 9.36 Å². The van der Waals surface area contributed by atoms with Crippen LogP contribution in [0.3, 0.4) is 0 Å². The Labute approximate surface area is 162 Å². The van der Waals surface area contributed by atoms with E-state index in [9.17, 15) is 14.0 Å². The number of aromatic nitrogens is 2. The molecule has 2 amide bonds. The third-order valence-electron chi connectivity index (χ3n) is 3.92. The molecule has 1 unspecified atom stereocenters. The van der Waals surface area contributed by atoms with E-state index >= 15 is 0 Å². The summed E-state index contributed by atoms with van der Waals surface area (Å²) in [6.07, 6.45) is 0. The van der Waals surface area contributed by atoms with Crippen LogP contribution in [0.1, 0.15) is 17.3 Å². The van der Waals surface area contributed by atoms with E-state index in [-0.39, 0.29) is 22.9 Å². The lowest BCUT2D eigenvalue weighted by atomic mass is 10.2. The van der Waals surface area contributed by atoms with Crippen molar-refractivity contribution >= 4 is 45.9 Å². The highest BCUT2D eigenvalue weighted by atomic mass is 32.2. The van der Waals surface area contributed by atoms with Gasteiger partial charge in [-0.25, -0.2) is 4.39 Å². The summed E-state index contributed by atoms with van der Waals surface area (Å²) in [5.74, 6) is -0.358. The Balaban J connectivity index is 1.51. The van der Waals surface area contributed by atoms with E-state index in [4.69, 9.17) is 0 Å². The zero-order valence-corrected chi connectivity index (χ0v) is 15.7. The molecule has 3 aromatic rings. The molecule has 0 aliphatic carbocycles. The Bertz CT molecular complexity index is 1040. The van der Waals surface area contributed by atoms with Crippen LogP contribution in [0.2, 0.25) is 0 Å². The van der Waals surface area contributed by atoms with Gasteiger partial charge in [-0.15, -0.1) is 11.8 Å². The quantitative estimate of drug-likeness (QED) is 0.694. The fraction of sp³-hybridized carbons (Fsp3) is 0.111. The Kier molecular flexibility index (Phi) is 4.63. The molecule has 0 bridgehead atoms. The Morgan fingerprint density at radius 1 is 1.22 bits per heavy atom. The first kappa shape index (κ1) is 17.6. The summed E-state index contributed by atoms with van der Waals surface area (Å²) in [6, 6.07) is 11.0. The van der Waals surface area contributed by atoms with Gasteiger partial charge in [0.25, 0.3) is 5.91 Å². The zero-order chi connectivity index (χ0) is 19.0. The maximum Gasteiger partial charge on any atom is 0.257 e. The van der Waals surface area contributed by atoms with Crippen molar-refractivity contribution in [2.75, 3.05) is 10.6 Å². The molecule has 1 aromatic heterocycles. The van der Waals surface area contributed by atoms with E-state index in [1.54, 1.807) is 24.3 Å². The SMILES string of the molecule is CC1Sc2ccc(C(=O)Nc3nc(-c4ccc(F)cc4)ns3)cc2NC1=O. The van der Waals surface area contributed by atoms with Gasteiger partial charge < -0.3 is 5.32 Å². The lowest BCUT2D eigenvalue weighted by molar-refractivity contribution is -0.115. The average Bonchev–Trinajstić information content (AvgIpc) is 3.11. The number of nitrogens with zero attached hydrogens (tertiary/aromatic N) is 2. The van der Waals surface area contributed by atoms with Crippen molar-refractivity contribution in [3.63, 3.8) is 0 Å². The van der Waals surface area contributed by atoms with Crippen LogP contribution in [0, 0.1) is 5.82 Å². The first-order valence-electron chi connectivity index (χ1n) is 8.02. The lowest BCUT2D eigenvalue weighted by Crippen LogP contribution is -2.26. The second kappa shape index (κ2) is 7.09. The van der Waals surface area contributed by atoms with Crippen molar-refractivity contribution in [2.45, 2.75) is 17.1 Å². The summed E-state index contributed by atoms with van der Waals surface area (Å²) in [4.78, 5) is 29.5. The number of thioether (sulfide) groups is 1. The summed E-state index contributed by atoms with van der Waals surface area (Å²) < 4.78 is 17.2. The standard InChI is InChI=1S/C18H13FN4O2S2/c1-9-16(24)20-13-8-11(4-7-14(13)26-9)17(25)22-18-21-15(23-27-18)10-2-5-12(19)6-3-10/h2-9H,1H3,(H,20,24)(H,21,22,23,25). The van der Waals surface area contributed by atoms with Gasteiger partial charge in [-0.05, 0) is 49.4 Å². The predicted molar refractivity (Wildman–Crippen MR) is 104 cm³/mol. The maximum absolute atomic E-state index is 13.0. The number of nitrogens with one attached hydrogen (secondary N) is 2. The molecular weight excluding hydrogens is 387 g/mol. The van der Waals surface area contributed by atoms with Crippen molar-refractivity contribution in [1.82, 2.24) is 9.36 Å². The summed E-state index contributed by atoms with van der Waals surface area (Å²) in [5, 5.41) is 5.68. The van der Waals surface area contributed by atoms with Gasteiger partial charge in [0.1, 0.15) is 5.82 Å². The average molecular weight is 400 g/mol. The molecule has 2 N–H and O–H groups in total. The van der Waals surface area contributed by atoms with Crippen molar-refractivity contribution in [2.24, 2.45) is 0 Å². The lowest BCUT2D eigenvalue weighted by Gasteiger charge is -2.21. The molecule has 27 heavy (non-hydrogen) atoms. The molecule has 4 rings (SSSR count). The van der Waals surface area contributed by atoms with Gasteiger partial charge in [-0.3, -0.25) is 14.9 Å². The fourth-order valence-electron chi connectivity index (χ4n) is 2.51. The molecule has 1 aliphatic heterocycles. The summed E-state index contributed by atoms with van der Waals surface area (Å²) >= 11 is 2.50. The molecule has 2 heterocycles. The van der Waals surface area contributed by atoms with Crippen molar-refractivity contribution in [1.29, 1.82) is 0 Å². The number of halogens is 1. The number of amides is 2. The molecule has 6 nitrogen and oxygen atoms in total. The molecule has 136 valence electrons. The minimum absolute atomic E-state index is 0.0851. The minimum Gasteiger partial charge on any atom is -0.324 e. The number of carbonyl (C=O) groups excluding carboxylic acids is 2. The van der Waals surface area contributed by atoms with Crippen LogP contribution >= 0.6 is 23.3 Å². The van der Waals surface area contributed by atoms with E-state index in [1.165, 1.54) is 23.9 Å². The number of rotatable bonds is 3. The zero-order valence-electron chi connectivity index (χ0n) is 14.0. The highest BCUT2D eigenvalue weighted by molar-refractivity contribution is 8.00. The minimum atomic E-state index is -0.350. The Morgan fingerprint density at radius 3 is 2.78 bits per heavy atom. The molecule has 0 radical (unpaired) electrons. The summed E-state index contributed by atoms with van der Waals surface area (Å²) in [6.45, 7) is 1.83. The number of benzene rings is 2. The number of fused-ring (bicyclic) bond motifs is 1. The predicted octanol–water partition coefficient (Wildman–Crippen LogP) is 4.03. The van der Waals surface area contributed by atoms with Crippen molar-refractivity contribution in [3.05, 3.63) is 53.8 Å². The van der Waals surface area contributed by atoms with E-state index in [1.807, 2.05) is 13.0 Å². The van der Waals surface area contributed by atoms with E-state index in [2.05, 4.69) is 20.0 Å². The highest BCUT2D eigenvalue weighted by Crippen LogP contribution is 2.36. The van der Waals surface area contributed by atoms with Crippen LogP contribution in [-0.4, -0.2) is 26.4 Å². The van der Waals surface area contributed by atoms with Gasteiger partial charge in [-0.1, -0.05) is 0 Å². The first-order valence-corrected chi connectivity index (χ1v) is 9.67. The number of anilines is 2. The van der Waals surface area contributed by atoms with Gasteiger partial charge in [0.2, 0.25) is 11.0 Å². The highest BCUT2D eigenvalue weighted by Gasteiger charge is 2.24. The fourth-order valence-corrected chi connectivity index (χ4v) is 4.02. The second-order valence-corrected chi connectivity index (χ2v) is 7.98. The Hall–Kier alpha value is -2.78. The number of hydrogen-bond acceptors (Lipinski definition) is 6. The molecule has 1 aliphatic rings. The molecule has 0 saturated heterocycles. The van der Waals surface area contributed by atoms with Gasteiger partial charge >= 0.3 is 0 Å². The van der Waals surface area contributed by atoms with Crippen LogP contribution in [0.4, 0.5) is 15.2 Å². The van der Waals surface area contributed by atoms with Crippen molar-refractivity contribution < 1.29 is 14.0 Å². The van der Waals surface area contributed by atoms with Crippen LogP contribution in [0.15, 0.2) is 47.4 Å².